The van der Waals surface area contributed by atoms with E-state index in [1.165, 1.54) is 0 Å². The summed E-state index contributed by atoms with van der Waals surface area (Å²) < 4.78 is 16.1. The zero-order chi connectivity index (χ0) is 19.9. The molecule has 1 amide bonds. The maximum atomic E-state index is 13.2. The maximum Gasteiger partial charge on any atom is 0.259 e. The zero-order valence-corrected chi connectivity index (χ0v) is 16.7. The lowest BCUT2D eigenvalue weighted by molar-refractivity contribution is 0.0448. The molecule has 152 valence electrons. The van der Waals surface area contributed by atoms with E-state index >= 15 is 0 Å². The van der Waals surface area contributed by atoms with Crippen molar-refractivity contribution in [3.05, 3.63) is 34.9 Å². The van der Waals surface area contributed by atoms with Crippen molar-refractivity contribution in [1.82, 2.24) is 15.8 Å². The van der Waals surface area contributed by atoms with Crippen LogP contribution in [0.5, 0.6) is 0 Å². The summed E-state index contributed by atoms with van der Waals surface area (Å²) in [6.07, 6.45) is 0.780. The smallest absolute Gasteiger partial charge is 0.259 e. The molecule has 0 radical (unpaired) electrons. The van der Waals surface area contributed by atoms with Gasteiger partial charge in [0.25, 0.3) is 5.91 Å². The topological polar surface area (TPSA) is 97.7 Å². The molecule has 28 heavy (non-hydrogen) atoms. The molecule has 1 fully saturated rings. The van der Waals surface area contributed by atoms with E-state index in [1.54, 1.807) is 38.5 Å². The van der Waals surface area contributed by atoms with Crippen LogP contribution in [0.15, 0.2) is 28.8 Å². The van der Waals surface area contributed by atoms with Gasteiger partial charge in [-0.2, -0.15) is 0 Å². The predicted octanol–water partition coefficient (Wildman–Crippen LogP) is 2.16. The van der Waals surface area contributed by atoms with Crippen molar-refractivity contribution in [1.29, 1.82) is 0 Å². The number of amides is 1. The van der Waals surface area contributed by atoms with Gasteiger partial charge in [0.1, 0.15) is 5.56 Å². The molecule has 8 nitrogen and oxygen atoms in total. The molecule has 1 aromatic carbocycles. The number of hydrogen-bond acceptors (Lipinski definition) is 7. The molecular weight excluding hydrogens is 384 g/mol. The summed E-state index contributed by atoms with van der Waals surface area (Å²) in [5.74, 6) is 0.478. The standard InChI is InChI=1S/C19H25ClN4O4/c1-26-10-9-22-18-16(17(28-24-18)12-3-5-13(20)6-4-12)19(25)23-14-11-21-8-7-15(14)27-2/h3-6,14-15,21H,7-11H2,1-2H3,(H,22,24)(H,23,25)/t14-,15+/m0/s1. The number of anilines is 1. The summed E-state index contributed by atoms with van der Waals surface area (Å²) in [5, 5.41) is 14.1. The van der Waals surface area contributed by atoms with Gasteiger partial charge in [-0.1, -0.05) is 16.8 Å². The minimum absolute atomic E-state index is 0.0473. The van der Waals surface area contributed by atoms with Crippen LogP contribution in [0.1, 0.15) is 16.8 Å². The quantitative estimate of drug-likeness (QED) is 0.576. The monoisotopic (exact) mass is 408 g/mol. The number of carbonyl (C=O) groups is 1. The molecule has 1 aromatic heterocycles. The first kappa shape index (κ1) is 20.6. The van der Waals surface area contributed by atoms with Gasteiger partial charge in [-0.25, -0.2) is 0 Å². The van der Waals surface area contributed by atoms with Crippen molar-refractivity contribution in [2.75, 3.05) is 45.8 Å². The highest BCUT2D eigenvalue weighted by atomic mass is 35.5. The van der Waals surface area contributed by atoms with Crippen molar-refractivity contribution in [2.24, 2.45) is 0 Å². The van der Waals surface area contributed by atoms with E-state index in [0.29, 0.717) is 47.4 Å². The Morgan fingerprint density at radius 2 is 2.14 bits per heavy atom. The van der Waals surface area contributed by atoms with E-state index in [-0.39, 0.29) is 18.1 Å². The molecule has 3 rings (SSSR count). The first-order chi connectivity index (χ1) is 13.6. The molecule has 2 heterocycles. The van der Waals surface area contributed by atoms with Gasteiger partial charge in [0.05, 0.1) is 18.8 Å². The van der Waals surface area contributed by atoms with E-state index in [1.807, 2.05) is 0 Å². The van der Waals surface area contributed by atoms with Crippen LogP contribution in [0.25, 0.3) is 11.3 Å². The lowest BCUT2D eigenvalue weighted by Crippen LogP contribution is -2.54. The van der Waals surface area contributed by atoms with E-state index in [9.17, 15) is 4.79 Å². The average molecular weight is 409 g/mol. The Labute approximate surface area is 168 Å². The van der Waals surface area contributed by atoms with Gasteiger partial charge in [-0.3, -0.25) is 4.79 Å². The molecule has 0 spiro atoms. The molecule has 2 atom stereocenters. The normalized spacial score (nSPS) is 19.4. The van der Waals surface area contributed by atoms with Crippen LogP contribution in [0.3, 0.4) is 0 Å². The van der Waals surface area contributed by atoms with Gasteiger partial charge >= 0.3 is 0 Å². The number of benzene rings is 1. The van der Waals surface area contributed by atoms with Crippen molar-refractivity contribution in [3.63, 3.8) is 0 Å². The number of hydrogen-bond donors (Lipinski definition) is 3. The molecule has 2 aromatic rings. The molecule has 0 saturated carbocycles. The number of carbonyl (C=O) groups excluding carboxylic acids is 1. The minimum Gasteiger partial charge on any atom is -0.383 e. The number of nitrogens with one attached hydrogen (secondary N) is 3. The Hall–Kier alpha value is -2.13. The van der Waals surface area contributed by atoms with E-state index in [2.05, 4.69) is 21.1 Å². The third-order valence-corrected chi connectivity index (χ3v) is 4.91. The average Bonchev–Trinajstić information content (AvgIpc) is 3.13. The second-order valence-corrected chi connectivity index (χ2v) is 6.95. The lowest BCUT2D eigenvalue weighted by atomic mass is 10.0. The fraction of sp³-hybridized carbons (Fsp3) is 0.474. The van der Waals surface area contributed by atoms with Crippen LogP contribution in [-0.4, -0.2) is 63.7 Å². The van der Waals surface area contributed by atoms with Gasteiger partial charge in [0.2, 0.25) is 0 Å². The van der Waals surface area contributed by atoms with Gasteiger partial charge in [0.15, 0.2) is 11.6 Å². The van der Waals surface area contributed by atoms with Gasteiger partial charge < -0.3 is 29.9 Å². The number of aromatic nitrogens is 1. The molecule has 1 aliphatic heterocycles. The van der Waals surface area contributed by atoms with Crippen molar-refractivity contribution >= 4 is 23.3 Å². The van der Waals surface area contributed by atoms with Crippen molar-refractivity contribution in [2.45, 2.75) is 18.6 Å². The Bertz CT molecular complexity index is 781. The highest BCUT2D eigenvalue weighted by Gasteiger charge is 2.30. The van der Waals surface area contributed by atoms with Crippen molar-refractivity contribution in [3.8, 4) is 11.3 Å². The third-order valence-electron chi connectivity index (χ3n) is 4.66. The first-order valence-corrected chi connectivity index (χ1v) is 9.54. The fourth-order valence-electron chi connectivity index (χ4n) is 3.19. The van der Waals surface area contributed by atoms with Crippen LogP contribution in [0.4, 0.5) is 5.82 Å². The van der Waals surface area contributed by atoms with E-state index < -0.39 is 0 Å². The molecule has 0 aliphatic carbocycles. The number of halogens is 1. The Balaban J connectivity index is 1.87. The third kappa shape index (κ3) is 4.82. The molecule has 1 aliphatic rings. The second kappa shape index (κ2) is 9.88. The number of rotatable bonds is 8. The second-order valence-electron chi connectivity index (χ2n) is 6.51. The van der Waals surface area contributed by atoms with Gasteiger partial charge in [-0.05, 0) is 37.2 Å². The molecular formula is C19H25ClN4O4. The largest absolute Gasteiger partial charge is 0.383 e. The maximum absolute atomic E-state index is 13.2. The lowest BCUT2D eigenvalue weighted by Gasteiger charge is -2.31. The summed E-state index contributed by atoms with van der Waals surface area (Å²) >= 11 is 5.98. The van der Waals surface area contributed by atoms with Crippen LogP contribution in [0.2, 0.25) is 5.02 Å². The Kier molecular flexibility index (Phi) is 7.27. The zero-order valence-electron chi connectivity index (χ0n) is 16.0. The highest BCUT2D eigenvalue weighted by Crippen LogP contribution is 2.30. The number of ether oxygens (including phenoxy) is 2. The summed E-state index contributed by atoms with van der Waals surface area (Å²) in [7, 11) is 3.27. The number of nitrogens with zero attached hydrogens (tertiary/aromatic N) is 1. The van der Waals surface area contributed by atoms with Crippen molar-refractivity contribution < 1.29 is 18.8 Å². The van der Waals surface area contributed by atoms with Gasteiger partial charge in [-0.15, -0.1) is 0 Å². The van der Waals surface area contributed by atoms with Crippen LogP contribution < -0.4 is 16.0 Å². The van der Waals surface area contributed by atoms with E-state index in [4.69, 9.17) is 25.6 Å². The minimum atomic E-state index is -0.276. The van der Waals surface area contributed by atoms with Crippen LogP contribution >= 0.6 is 11.6 Å². The summed E-state index contributed by atoms with van der Waals surface area (Å²) in [6.45, 7) is 2.47. The Morgan fingerprint density at radius 1 is 1.36 bits per heavy atom. The van der Waals surface area contributed by atoms with E-state index in [0.717, 1.165) is 13.0 Å². The molecule has 9 heteroatoms. The highest BCUT2D eigenvalue weighted by molar-refractivity contribution is 6.30. The first-order valence-electron chi connectivity index (χ1n) is 9.16. The SMILES string of the molecule is COCCNc1noc(-c2ccc(Cl)cc2)c1C(=O)N[C@H]1CNCC[C@H]1OC. The number of methoxy groups -OCH3 is 2. The Morgan fingerprint density at radius 3 is 2.86 bits per heavy atom. The molecule has 1 saturated heterocycles. The fourth-order valence-corrected chi connectivity index (χ4v) is 3.32. The van der Waals surface area contributed by atoms with Crippen LogP contribution in [0, 0.1) is 0 Å². The predicted molar refractivity (Wildman–Crippen MR) is 107 cm³/mol. The number of piperidine rings is 1. The summed E-state index contributed by atoms with van der Waals surface area (Å²) in [6, 6.07) is 6.92. The summed E-state index contributed by atoms with van der Waals surface area (Å²) in [4.78, 5) is 13.2. The van der Waals surface area contributed by atoms with Crippen LogP contribution in [-0.2, 0) is 9.47 Å². The summed E-state index contributed by atoms with van der Waals surface area (Å²) in [5.41, 5.74) is 1.06. The molecule has 0 unspecified atom stereocenters. The molecule has 3 N–H and O–H groups in total. The molecule has 0 bridgehead atoms. The van der Waals surface area contributed by atoms with Gasteiger partial charge in [0, 0.05) is 37.9 Å².